The Morgan fingerprint density at radius 3 is 2.42 bits per heavy atom. The summed E-state index contributed by atoms with van der Waals surface area (Å²) < 4.78 is 61.5. The van der Waals surface area contributed by atoms with E-state index in [2.05, 4.69) is 5.32 Å². The first kappa shape index (κ1) is 16.7. The predicted molar refractivity (Wildman–Crippen MR) is 65.8 cm³/mol. The molecule has 0 saturated carbocycles. The van der Waals surface area contributed by atoms with Gasteiger partial charge in [0.15, 0.2) is 0 Å². The number of hydrogen-bond donors (Lipinski definition) is 2. The number of nitrogens with zero attached hydrogens (tertiary/aromatic N) is 1. The van der Waals surface area contributed by atoms with Crippen molar-refractivity contribution in [1.82, 2.24) is 14.3 Å². The van der Waals surface area contributed by atoms with Crippen LogP contribution in [0.15, 0.2) is 0 Å². The van der Waals surface area contributed by atoms with Crippen LogP contribution in [0, 0.1) is 5.92 Å². The summed E-state index contributed by atoms with van der Waals surface area (Å²) in [5, 5.41) is 3.20. The molecule has 0 spiro atoms. The third-order valence-corrected chi connectivity index (χ3v) is 4.69. The van der Waals surface area contributed by atoms with Gasteiger partial charge in [0.2, 0.25) is 0 Å². The molecule has 1 aliphatic rings. The molecule has 1 aliphatic heterocycles. The molecular formula is C10H20F3N3O2S. The van der Waals surface area contributed by atoms with Gasteiger partial charge in [-0.05, 0) is 38.3 Å². The summed E-state index contributed by atoms with van der Waals surface area (Å²) in [7, 11) is -2.76. The Balaban J connectivity index is 2.36. The summed E-state index contributed by atoms with van der Waals surface area (Å²) in [5.41, 5.74) is 0. The third kappa shape index (κ3) is 6.55. The topological polar surface area (TPSA) is 61.4 Å². The Bertz CT molecular complexity index is 367. The molecule has 0 aromatic rings. The van der Waals surface area contributed by atoms with Gasteiger partial charge in [0.05, 0.1) is 0 Å². The number of nitrogens with one attached hydrogen (secondary N) is 2. The molecule has 1 saturated heterocycles. The van der Waals surface area contributed by atoms with Gasteiger partial charge in [-0.25, -0.2) is 0 Å². The summed E-state index contributed by atoms with van der Waals surface area (Å²) >= 11 is 0. The van der Waals surface area contributed by atoms with Gasteiger partial charge in [0, 0.05) is 13.6 Å². The van der Waals surface area contributed by atoms with Gasteiger partial charge in [-0.3, -0.25) is 0 Å². The molecule has 0 aromatic heterocycles. The highest BCUT2D eigenvalue weighted by atomic mass is 32.2. The van der Waals surface area contributed by atoms with Gasteiger partial charge in [-0.15, -0.1) is 0 Å². The van der Waals surface area contributed by atoms with Crippen LogP contribution < -0.4 is 10.0 Å². The zero-order valence-electron chi connectivity index (χ0n) is 10.8. The lowest BCUT2D eigenvalue weighted by Gasteiger charge is -2.25. The Labute approximate surface area is 111 Å². The lowest BCUT2D eigenvalue weighted by Crippen LogP contribution is -2.43. The maximum atomic E-state index is 12.0. The quantitative estimate of drug-likeness (QED) is 0.759. The first-order chi connectivity index (χ1) is 8.71. The van der Waals surface area contributed by atoms with E-state index in [-0.39, 0.29) is 6.54 Å². The molecule has 0 amide bonds. The third-order valence-electron chi connectivity index (χ3n) is 3.18. The van der Waals surface area contributed by atoms with Crippen LogP contribution in [0.25, 0.3) is 0 Å². The SMILES string of the molecule is CN(CCC1CCNCC1)S(=O)(=O)NCC(F)(F)F. The first-order valence-corrected chi connectivity index (χ1v) is 7.63. The van der Waals surface area contributed by atoms with Crippen LogP contribution in [0.1, 0.15) is 19.3 Å². The monoisotopic (exact) mass is 303 g/mol. The van der Waals surface area contributed by atoms with Gasteiger partial charge in [0.25, 0.3) is 10.2 Å². The van der Waals surface area contributed by atoms with E-state index in [9.17, 15) is 21.6 Å². The number of alkyl halides is 3. The van der Waals surface area contributed by atoms with E-state index < -0.39 is 22.9 Å². The van der Waals surface area contributed by atoms with Crippen molar-refractivity contribution < 1.29 is 21.6 Å². The molecule has 1 rings (SSSR count). The van der Waals surface area contributed by atoms with Crippen molar-refractivity contribution in [2.45, 2.75) is 25.4 Å². The summed E-state index contributed by atoms with van der Waals surface area (Å²) in [6, 6.07) is 0. The zero-order chi connectivity index (χ0) is 14.5. The number of piperidine rings is 1. The van der Waals surface area contributed by atoms with Crippen molar-refractivity contribution in [3.63, 3.8) is 0 Å². The number of halogens is 3. The van der Waals surface area contributed by atoms with Crippen molar-refractivity contribution in [1.29, 1.82) is 0 Å². The Hall–Kier alpha value is -0.380. The lowest BCUT2D eigenvalue weighted by atomic mass is 9.95. The smallest absolute Gasteiger partial charge is 0.317 e. The van der Waals surface area contributed by atoms with Crippen LogP contribution in [-0.2, 0) is 10.2 Å². The summed E-state index contributed by atoms with van der Waals surface area (Å²) in [6.07, 6.45) is -1.91. The average Bonchev–Trinajstić information content (AvgIpc) is 2.34. The predicted octanol–water partition coefficient (Wildman–Crippen LogP) is 0.705. The molecule has 0 unspecified atom stereocenters. The van der Waals surface area contributed by atoms with Crippen LogP contribution in [0.2, 0.25) is 0 Å². The normalized spacial score (nSPS) is 19.0. The van der Waals surface area contributed by atoms with Crippen LogP contribution in [0.4, 0.5) is 13.2 Å². The van der Waals surface area contributed by atoms with Crippen molar-refractivity contribution in [3.05, 3.63) is 0 Å². The fourth-order valence-corrected chi connectivity index (χ4v) is 2.85. The fraction of sp³-hybridized carbons (Fsp3) is 1.00. The molecule has 5 nitrogen and oxygen atoms in total. The Morgan fingerprint density at radius 2 is 1.89 bits per heavy atom. The Morgan fingerprint density at radius 1 is 1.32 bits per heavy atom. The molecule has 1 fully saturated rings. The molecule has 0 aliphatic carbocycles. The minimum atomic E-state index is -4.54. The fourth-order valence-electron chi connectivity index (χ4n) is 1.94. The van der Waals surface area contributed by atoms with E-state index in [1.54, 1.807) is 4.72 Å². The van der Waals surface area contributed by atoms with E-state index in [0.717, 1.165) is 30.2 Å². The largest absolute Gasteiger partial charge is 0.402 e. The van der Waals surface area contributed by atoms with Crippen molar-refractivity contribution >= 4 is 10.2 Å². The summed E-state index contributed by atoms with van der Waals surface area (Å²) in [5.74, 6) is 0.432. The van der Waals surface area contributed by atoms with E-state index in [1.165, 1.54) is 7.05 Å². The van der Waals surface area contributed by atoms with Crippen LogP contribution in [0.3, 0.4) is 0 Å². The first-order valence-electron chi connectivity index (χ1n) is 6.19. The molecule has 0 radical (unpaired) electrons. The molecule has 114 valence electrons. The molecule has 2 N–H and O–H groups in total. The molecule has 0 aromatic carbocycles. The molecule has 9 heteroatoms. The average molecular weight is 303 g/mol. The Kier molecular flexibility index (Phi) is 6.03. The van der Waals surface area contributed by atoms with E-state index in [1.807, 2.05) is 0 Å². The van der Waals surface area contributed by atoms with Crippen LogP contribution in [0.5, 0.6) is 0 Å². The highest BCUT2D eigenvalue weighted by Gasteiger charge is 2.31. The minimum absolute atomic E-state index is 0.234. The molecular weight excluding hydrogens is 283 g/mol. The lowest BCUT2D eigenvalue weighted by molar-refractivity contribution is -0.121. The van der Waals surface area contributed by atoms with Gasteiger partial charge in [-0.2, -0.15) is 30.6 Å². The summed E-state index contributed by atoms with van der Waals surface area (Å²) in [4.78, 5) is 0. The van der Waals surface area contributed by atoms with E-state index in [0.29, 0.717) is 12.3 Å². The van der Waals surface area contributed by atoms with Crippen molar-refractivity contribution in [2.75, 3.05) is 33.2 Å². The second kappa shape index (κ2) is 6.87. The zero-order valence-corrected chi connectivity index (χ0v) is 11.6. The second-order valence-electron chi connectivity index (χ2n) is 4.74. The van der Waals surface area contributed by atoms with Gasteiger partial charge in [0.1, 0.15) is 6.54 Å². The number of hydrogen-bond acceptors (Lipinski definition) is 3. The maximum Gasteiger partial charge on any atom is 0.402 e. The summed E-state index contributed by atoms with van der Waals surface area (Å²) in [6.45, 7) is 0.520. The van der Waals surface area contributed by atoms with E-state index >= 15 is 0 Å². The minimum Gasteiger partial charge on any atom is -0.317 e. The van der Waals surface area contributed by atoms with Gasteiger partial charge in [-0.1, -0.05) is 0 Å². The maximum absolute atomic E-state index is 12.0. The van der Waals surface area contributed by atoms with Crippen molar-refractivity contribution in [3.8, 4) is 0 Å². The van der Waals surface area contributed by atoms with Crippen molar-refractivity contribution in [2.24, 2.45) is 5.92 Å². The van der Waals surface area contributed by atoms with Crippen LogP contribution >= 0.6 is 0 Å². The number of rotatable bonds is 6. The molecule has 19 heavy (non-hydrogen) atoms. The van der Waals surface area contributed by atoms with Gasteiger partial charge < -0.3 is 5.32 Å². The standard InChI is InChI=1S/C10H20F3N3O2S/c1-16(7-4-9-2-5-14-6-3-9)19(17,18)15-8-10(11,12)13/h9,14-15H,2-8H2,1H3. The second-order valence-corrected chi connectivity index (χ2v) is 6.61. The molecule has 0 bridgehead atoms. The molecule has 0 atom stereocenters. The van der Waals surface area contributed by atoms with Gasteiger partial charge >= 0.3 is 6.18 Å². The highest BCUT2D eigenvalue weighted by Crippen LogP contribution is 2.17. The van der Waals surface area contributed by atoms with E-state index in [4.69, 9.17) is 0 Å². The van der Waals surface area contributed by atoms with Crippen LogP contribution in [-0.4, -0.2) is 52.1 Å². The highest BCUT2D eigenvalue weighted by molar-refractivity contribution is 7.87. The molecule has 1 heterocycles.